The fourth-order valence-electron chi connectivity index (χ4n) is 0.999. The average molecular weight is 189 g/mol. The predicted octanol–water partition coefficient (Wildman–Crippen LogP) is 1.41. The van der Waals surface area contributed by atoms with Crippen molar-refractivity contribution in [1.82, 2.24) is 0 Å². The molecule has 0 fully saturated rings. The van der Waals surface area contributed by atoms with Crippen molar-refractivity contribution in [3.63, 3.8) is 0 Å². The minimum absolute atomic E-state index is 0.591. The quantitative estimate of drug-likeness (QED) is 0.558. The van der Waals surface area contributed by atoms with Gasteiger partial charge in [-0.15, -0.1) is 0 Å². The molecule has 0 aliphatic rings. The first-order valence-corrected chi connectivity index (χ1v) is 5.13. The Morgan fingerprint density at radius 3 is 2.15 bits per heavy atom. The Kier molecular flexibility index (Phi) is 9.87. The number of hydrogen-bond donors (Lipinski definition) is 1. The highest BCUT2D eigenvalue weighted by atomic mass is 16.5. The van der Waals surface area contributed by atoms with Crippen LogP contribution >= 0.6 is 0 Å². The lowest BCUT2D eigenvalue weighted by molar-refractivity contribution is 0.0485. The largest absolute Gasteiger partial charge is 0.379 e. The first-order valence-electron chi connectivity index (χ1n) is 5.13. The van der Waals surface area contributed by atoms with Gasteiger partial charge in [0.05, 0.1) is 19.8 Å². The van der Waals surface area contributed by atoms with Gasteiger partial charge < -0.3 is 15.2 Å². The Morgan fingerprint density at radius 2 is 1.62 bits per heavy atom. The topological polar surface area (TPSA) is 44.5 Å². The molecule has 0 aromatic rings. The lowest BCUT2D eigenvalue weighted by Gasteiger charge is -2.06. The molecule has 0 saturated carbocycles. The Morgan fingerprint density at radius 1 is 1.00 bits per heavy atom. The van der Waals surface area contributed by atoms with Crippen LogP contribution < -0.4 is 5.73 Å². The van der Waals surface area contributed by atoms with E-state index in [9.17, 15) is 0 Å². The Bertz CT molecular complexity index is 96.9. The SMILES string of the molecule is CC(C)CCCOCCOCCN. The molecule has 3 heteroatoms. The van der Waals surface area contributed by atoms with E-state index >= 15 is 0 Å². The first-order chi connectivity index (χ1) is 6.27. The van der Waals surface area contributed by atoms with Gasteiger partial charge in [0.25, 0.3) is 0 Å². The molecule has 0 spiro atoms. The van der Waals surface area contributed by atoms with Crippen LogP contribution in [0.4, 0.5) is 0 Å². The minimum atomic E-state index is 0.591. The predicted molar refractivity (Wildman–Crippen MR) is 54.8 cm³/mol. The van der Waals surface area contributed by atoms with Crippen LogP contribution in [0, 0.1) is 5.92 Å². The van der Waals surface area contributed by atoms with E-state index in [1.165, 1.54) is 6.42 Å². The van der Waals surface area contributed by atoms with E-state index in [4.69, 9.17) is 15.2 Å². The van der Waals surface area contributed by atoms with E-state index in [-0.39, 0.29) is 0 Å². The van der Waals surface area contributed by atoms with Gasteiger partial charge in [-0.3, -0.25) is 0 Å². The maximum atomic E-state index is 5.36. The molecule has 0 aromatic heterocycles. The highest BCUT2D eigenvalue weighted by molar-refractivity contribution is 4.44. The van der Waals surface area contributed by atoms with Gasteiger partial charge in [0, 0.05) is 13.2 Å². The number of ether oxygens (including phenoxy) is 2. The molecule has 0 bridgehead atoms. The molecule has 0 rings (SSSR count). The van der Waals surface area contributed by atoms with E-state index in [1.807, 2.05) is 0 Å². The summed E-state index contributed by atoms with van der Waals surface area (Å²) in [6.45, 7) is 7.89. The molecular formula is C10H23NO2. The van der Waals surface area contributed by atoms with Gasteiger partial charge in [0.2, 0.25) is 0 Å². The lowest BCUT2D eigenvalue weighted by atomic mass is 10.1. The second kappa shape index (κ2) is 9.96. The van der Waals surface area contributed by atoms with E-state index in [2.05, 4.69) is 13.8 Å². The summed E-state index contributed by atoms with van der Waals surface area (Å²) in [5.74, 6) is 0.775. The maximum Gasteiger partial charge on any atom is 0.0701 e. The molecule has 0 amide bonds. The van der Waals surface area contributed by atoms with Gasteiger partial charge in [-0.25, -0.2) is 0 Å². The van der Waals surface area contributed by atoms with Crippen molar-refractivity contribution in [3.05, 3.63) is 0 Å². The third-order valence-electron chi connectivity index (χ3n) is 1.70. The van der Waals surface area contributed by atoms with Crippen LogP contribution in [0.5, 0.6) is 0 Å². The van der Waals surface area contributed by atoms with Crippen LogP contribution in [0.15, 0.2) is 0 Å². The molecule has 0 saturated heterocycles. The normalized spacial score (nSPS) is 11.1. The zero-order valence-corrected chi connectivity index (χ0v) is 8.92. The summed E-state index contributed by atoms with van der Waals surface area (Å²) >= 11 is 0. The second-order valence-corrected chi connectivity index (χ2v) is 3.55. The molecule has 3 nitrogen and oxygen atoms in total. The van der Waals surface area contributed by atoms with Crippen molar-refractivity contribution in [2.45, 2.75) is 26.7 Å². The van der Waals surface area contributed by atoms with Gasteiger partial charge in [-0.2, -0.15) is 0 Å². The average Bonchev–Trinajstić information content (AvgIpc) is 2.09. The minimum Gasteiger partial charge on any atom is -0.379 e. The van der Waals surface area contributed by atoms with Gasteiger partial charge in [0.1, 0.15) is 0 Å². The third kappa shape index (κ3) is 11.9. The fraction of sp³-hybridized carbons (Fsp3) is 1.00. The molecule has 0 atom stereocenters. The van der Waals surface area contributed by atoms with E-state index in [0.717, 1.165) is 18.9 Å². The summed E-state index contributed by atoms with van der Waals surface area (Å²) < 4.78 is 10.5. The zero-order valence-electron chi connectivity index (χ0n) is 8.92. The summed E-state index contributed by atoms with van der Waals surface area (Å²) in [4.78, 5) is 0. The molecule has 0 aliphatic carbocycles. The van der Waals surface area contributed by atoms with Gasteiger partial charge in [-0.1, -0.05) is 13.8 Å². The van der Waals surface area contributed by atoms with Gasteiger partial charge >= 0.3 is 0 Å². The molecule has 0 unspecified atom stereocenters. The van der Waals surface area contributed by atoms with Crippen molar-refractivity contribution >= 4 is 0 Å². The van der Waals surface area contributed by atoms with Gasteiger partial charge in [0.15, 0.2) is 0 Å². The summed E-state index contributed by atoms with van der Waals surface area (Å²) in [5, 5.41) is 0. The van der Waals surface area contributed by atoms with Crippen LogP contribution in [0.2, 0.25) is 0 Å². The van der Waals surface area contributed by atoms with Crippen LogP contribution in [-0.2, 0) is 9.47 Å². The maximum absolute atomic E-state index is 5.36. The van der Waals surface area contributed by atoms with Crippen molar-refractivity contribution < 1.29 is 9.47 Å². The Hall–Kier alpha value is -0.120. The standard InChI is InChI=1S/C10H23NO2/c1-10(2)4-3-6-12-8-9-13-7-5-11/h10H,3-9,11H2,1-2H3. The van der Waals surface area contributed by atoms with Crippen molar-refractivity contribution in [3.8, 4) is 0 Å². The molecule has 80 valence electrons. The van der Waals surface area contributed by atoms with E-state index in [1.54, 1.807) is 0 Å². The number of nitrogens with two attached hydrogens (primary N) is 1. The zero-order chi connectivity index (χ0) is 9.94. The molecule has 0 aromatic carbocycles. The molecule has 2 N–H and O–H groups in total. The van der Waals surface area contributed by atoms with Crippen LogP contribution in [0.25, 0.3) is 0 Å². The molecular weight excluding hydrogens is 166 g/mol. The van der Waals surface area contributed by atoms with Crippen molar-refractivity contribution in [1.29, 1.82) is 0 Å². The van der Waals surface area contributed by atoms with Crippen molar-refractivity contribution in [2.24, 2.45) is 11.7 Å². The first kappa shape index (κ1) is 12.9. The van der Waals surface area contributed by atoms with Crippen LogP contribution in [-0.4, -0.2) is 33.0 Å². The van der Waals surface area contributed by atoms with Gasteiger partial charge in [-0.05, 0) is 18.8 Å². The fourth-order valence-corrected chi connectivity index (χ4v) is 0.999. The Labute approximate surface area is 81.6 Å². The monoisotopic (exact) mass is 189 g/mol. The lowest BCUT2D eigenvalue weighted by Crippen LogP contribution is -2.12. The summed E-state index contributed by atoms with van der Waals surface area (Å²) in [6, 6.07) is 0. The summed E-state index contributed by atoms with van der Waals surface area (Å²) in [6.07, 6.45) is 2.39. The van der Waals surface area contributed by atoms with E-state index < -0.39 is 0 Å². The highest BCUT2D eigenvalue weighted by Gasteiger charge is 1.93. The molecule has 0 aliphatic heterocycles. The van der Waals surface area contributed by atoms with E-state index in [0.29, 0.717) is 26.4 Å². The second-order valence-electron chi connectivity index (χ2n) is 3.55. The highest BCUT2D eigenvalue weighted by Crippen LogP contribution is 2.02. The third-order valence-corrected chi connectivity index (χ3v) is 1.70. The molecule has 0 radical (unpaired) electrons. The molecule has 13 heavy (non-hydrogen) atoms. The van der Waals surface area contributed by atoms with Crippen molar-refractivity contribution in [2.75, 3.05) is 33.0 Å². The van der Waals surface area contributed by atoms with Crippen LogP contribution in [0.3, 0.4) is 0 Å². The summed E-state index contributed by atoms with van der Waals surface area (Å²) in [7, 11) is 0. The smallest absolute Gasteiger partial charge is 0.0701 e. The number of hydrogen-bond acceptors (Lipinski definition) is 3. The Balaban J connectivity index is 2.84. The number of rotatable bonds is 9. The van der Waals surface area contributed by atoms with Crippen LogP contribution in [0.1, 0.15) is 26.7 Å². The molecule has 0 heterocycles. The summed E-state index contributed by atoms with van der Waals surface area (Å²) in [5.41, 5.74) is 5.26.